The predicted octanol–water partition coefficient (Wildman–Crippen LogP) is 3.21. The van der Waals surface area contributed by atoms with Crippen LogP contribution < -0.4 is 4.90 Å². The lowest BCUT2D eigenvalue weighted by atomic mass is 9.95. The maximum absolute atomic E-state index is 4.95. The van der Waals surface area contributed by atoms with Gasteiger partial charge in [-0.25, -0.2) is 4.98 Å². The van der Waals surface area contributed by atoms with Crippen LogP contribution in [0.25, 0.3) is 10.9 Å². The van der Waals surface area contributed by atoms with Gasteiger partial charge in [0.05, 0.1) is 5.52 Å². The molecule has 0 radical (unpaired) electrons. The van der Waals surface area contributed by atoms with Crippen LogP contribution in [0.1, 0.15) is 25.3 Å². The number of fused-ring (bicyclic) bond motifs is 1. The van der Waals surface area contributed by atoms with Crippen LogP contribution in [0.4, 0.5) is 5.82 Å². The molecule has 1 atom stereocenters. The second-order valence-corrected chi connectivity index (χ2v) is 7.30. The number of aromatic nitrogens is 1. The third-order valence-corrected chi connectivity index (χ3v) is 5.31. The van der Waals surface area contributed by atoms with Gasteiger partial charge in [-0.05, 0) is 49.6 Å². The zero-order valence-electron chi connectivity index (χ0n) is 14.7. The zero-order chi connectivity index (χ0) is 16.5. The van der Waals surface area contributed by atoms with Gasteiger partial charge in [0.2, 0.25) is 0 Å². The highest BCUT2D eigenvalue weighted by atomic mass is 15.3. The van der Waals surface area contributed by atoms with Crippen molar-refractivity contribution in [2.24, 2.45) is 10.9 Å². The smallest absolute Gasteiger partial charge is 0.129 e. The van der Waals surface area contributed by atoms with E-state index in [2.05, 4.69) is 54.1 Å². The fourth-order valence-electron chi connectivity index (χ4n) is 3.55. The summed E-state index contributed by atoms with van der Waals surface area (Å²) in [5.41, 5.74) is 3.59. The molecule has 3 heterocycles. The minimum atomic E-state index is 0.719. The molecule has 1 unspecified atom stereocenters. The van der Waals surface area contributed by atoms with E-state index >= 15 is 0 Å². The molecule has 24 heavy (non-hydrogen) atoms. The third kappa shape index (κ3) is 3.16. The number of nitrogens with zero attached hydrogens (tertiary/aromatic N) is 4. The maximum atomic E-state index is 4.95. The Bertz CT molecular complexity index is 759. The van der Waals surface area contributed by atoms with Gasteiger partial charge < -0.3 is 9.80 Å². The molecule has 1 aromatic heterocycles. The molecule has 0 amide bonds. The summed E-state index contributed by atoms with van der Waals surface area (Å²) in [6, 6.07) is 11.0. The highest BCUT2D eigenvalue weighted by molar-refractivity contribution is 6.03. The minimum Gasteiger partial charge on any atom is -0.354 e. The second kappa shape index (κ2) is 6.52. The van der Waals surface area contributed by atoms with Gasteiger partial charge in [0, 0.05) is 43.8 Å². The molecule has 2 aromatic rings. The number of rotatable bonds is 2. The van der Waals surface area contributed by atoms with Gasteiger partial charge in [-0.15, -0.1) is 0 Å². The van der Waals surface area contributed by atoms with Crippen molar-refractivity contribution in [1.29, 1.82) is 0 Å². The van der Waals surface area contributed by atoms with E-state index in [-0.39, 0.29) is 0 Å². The first-order valence-corrected chi connectivity index (χ1v) is 9.07. The van der Waals surface area contributed by atoms with Gasteiger partial charge in [0.25, 0.3) is 0 Å². The van der Waals surface area contributed by atoms with Gasteiger partial charge in [-0.3, -0.25) is 4.99 Å². The van der Waals surface area contributed by atoms with Gasteiger partial charge in [0.1, 0.15) is 5.82 Å². The number of hydrogen-bond acceptors (Lipinski definition) is 4. The molecule has 0 N–H and O–H groups in total. The van der Waals surface area contributed by atoms with Crippen LogP contribution in [0, 0.1) is 5.92 Å². The molecule has 0 bridgehead atoms. The Morgan fingerprint density at radius 1 is 1.04 bits per heavy atom. The predicted molar refractivity (Wildman–Crippen MR) is 101 cm³/mol. The third-order valence-electron chi connectivity index (χ3n) is 5.31. The molecular weight excluding hydrogens is 296 g/mol. The molecule has 1 saturated heterocycles. The number of anilines is 1. The first kappa shape index (κ1) is 15.6. The lowest BCUT2D eigenvalue weighted by Crippen LogP contribution is -2.44. The van der Waals surface area contributed by atoms with E-state index in [9.17, 15) is 0 Å². The van der Waals surface area contributed by atoms with Crippen molar-refractivity contribution in [2.45, 2.75) is 19.8 Å². The Morgan fingerprint density at radius 2 is 1.83 bits per heavy atom. The van der Waals surface area contributed by atoms with Crippen molar-refractivity contribution in [3.05, 3.63) is 35.9 Å². The Morgan fingerprint density at radius 3 is 2.58 bits per heavy atom. The first-order valence-electron chi connectivity index (χ1n) is 9.07. The van der Waals surface area contributed by atoms with Crippen LogP contribution in [-0.2, 0) is 0 Å². The van der Waals surface area contributed by atoms with E-state index in [0.717, 1.165) is 56.4 Å². The lowest BCUT2D eigenvalue weighted by molar-refractivity contribution is 0.312. The molecular formula is C20H26N4. The topological polar surface area (TPSA) is 31.7 Å². The molecule has 2 aliphatic heterocycles. The van der Waals surface area contributed by atoms with Gasteiger partial charge in [0.15, 0.2) is 0 Å². The molecule has 0 aliphatic carbocycles. The fraction of sp³-hybridized carbons (Fsp3) is 0.500. The standard InChI is InChI=1S/C20H26N4/c1-15-3-7-18(21-14-15)17-5-4-16-6-8-20(22-19(16)13-17)24-11-9-23(2)10-12-24/h4-6,8,13,15H,3,7,9-12,14H2,1-2H3. The van der Waals surface area contributed by atoms with Crippen molar-refractivity contribution >= 4 is 22.4 Å². The van der Waals surface area contributed by atoms with Crippen LogP contribution in [0.5, 0.6) is 0 Å². The fourth-order valence-corrected chi connectivity index (χ4v) is 3.55. The second-order valence-electron chi connectivity index (χ2n) is 7.30. The molecule has 0 saturated carbocycles. The number of piperazine rings is 1. The highest BCUT2D eigenvalue weighted by Crippen LogP contribution is 2.23. The van der Waals surface area contributed by atoms with E-state index in [1.807, 2.05) is 0 Å². The van der Waals surface area contributed by atoms with Gasteiger partial charge in [-0.2, -0.15) is 0 Å². The molecule has 0 spiro atoms. The molecule has 4 rings (SSSR count). The summed E-state index contributed by atoms with van der Waals surface area (Å²) in [5, 5.41) is 1.21. The van der Waals surface area contributed by atoms with Crippen LogP contribution in [0.2, 0.25) is 0 Å². The van der Waals surface area contributed by atoms with E-state index in [1.165, 1.54) is 23.1 Å². The number of hydrogen-bond donors (Lipinski definition) is 0. The Hall–Kier alpha value is -1.94. The maximum Gasteiger partial charge on any atom is 0.129 e. The molecule has 126 valence electrons. The summed E-state index contributed by atoms with van der Waals surface area (Å²) in [4.78, 5) is 14.5. The molecule has 1 aromatic carbocycles. The Kier molecular flexibility index (Phi) is 4.23. The van der Waals surface area contributed by atoms with Crippen LogP contribution in [0.15, 0.2) is 35.3 Å². The Labute approximate surface area is 144 Å². The molecule has 1 fully saturated rings. The van der Waals surface area contributed by atoms with Crippen LogP contribution in [-0.4, -0.2) is 55.4 Å². The molecule has 2 aliphatic rings. The molecule has 4 heteroatoms. The largest absolute Gasteiger partial charge is 0.354 e. The molecule has 4 nitrogen and oxygen atoms in total. The van der Waals surface area contributed by atoms with Crippen molar-refractivity contribution in [3.8, 4) is 0 Å². The van der Waals surface area contributed by atoms with Crippen LogP contribution in [0.3, 0.4) is 0 Å². The van der Waals surface area contributed by atoms with Crippen molar-refractivity contribution < 1.29 is 0 Å². The summed E-state index contributed by atoms with van der Waals surface area (Å²) < 4.78 is 0. The lowest BCUT2D eigenvalue weighted by Gasteiger charge is -2.33. The number of likely N-dealkylation sites (N-methyl/N-ethyl adjacent to an activating group) is 1. The van der Waals surface area contributed by atoms with Crippen molar-refractivity contribution in [1.82, 2.24) is 9.88 Å². The summed E-state index contributed by atoms with van der Waals surface area (Å²) in [7, 11) is 2.18. The van der Waals surface area contributed by atoms with Crippen LogP contribution >= 0.6 is 0 Å². The number of pyridine rings is 1. The monoisotopic (exact) mass is 322 g/mol. The van der Waals surface area contributed by atoms with E-state index in [1.54, 1.807) is 0 Å². The van der Waals surface area contributed by atoms with Gasteiger partial charge in [-0.1, -0.05) is 19.1 Å². The first-order chi connectivity index (χ1) is 11.7. The Balaban J connectivity index is 1.63. The zero-order valence-corrected chi connectivity index (χ0v) is 14.7. The highest BCUT2D eigenvalue weighted by Gasteiger charge is 2.16. The normalized spacial score (nSPS) is 22.7. The number of benzene rings is 1. The average molecular weight is 322 g/mol. The van der Waals surface area contributed by atoms with E-state index < -0.39 is 0 Å². The number of aliphatic imine (C=N–C) groups is 1. The van der Waals surface area contributed by atoms with Gasteiger partial charge >= 0.3 is 0 Å². The van der Waals surface area contributed by atoms with Crippen molar-refractivity contribution in [2.75, 3.05) is 44.7 Å². The average Bonchev–Trinajstić information content (AvgIpc) is 2.62. The van der Waals surface area contributed by atoms with E-state index in [4.69, 9.17) is 9.98 Å². The summed E-state index contributed by atoms with van der Waals surface area (Å²) in [5.74, 6) is 1.82. The summed E-state index contributed by atoms with van der Waals surface area (Å²) in [6.07, 6.45) is 2.33. The minimum absolute atomic E-state index is 0.719. The summed E-state index contributed by atoms with van der Waals surface area (Å²) >= 11 is 0. The SMILES string of the molecule is CC1CCC(c2ccc3ccc(N4CCN(C)CC4)nc3c2)=NC1. The quantitative estimate of drug-likeness (QED) is 0.851. The van der Waals surface area contributed by atoms with E-state index in [0.29, 0.717) is 0 Å². The van der Waals surface area contributed by atoms with Crippen molar-refractivity contribution in [3.63, 3.8) is 0 Å². The summed E-state index contributed by atoms with van der Waals surface area (Å²) in [6.45, 7) is 7.56.